The van der Waals surface area contributed by atoms with Crippen molar-refractivity contribution in [3.05, 3.63) is 59.4 Å². The van der Waals surface area contributed by atoms with Gasteiger partial charge in [-0.15, -0.1) is 0 Å². The number of hydrogen-bond acceptors (Lipinski definition) is 6. The molecule has 26 heavy (non-hydrogen) atoms. The van der Waals surface area contributed by atoms with Crippen LogP contribution in [-0.2, 0) is 0 Å². The van der Waals surface area contributed by atoms with Gasteiger partial charge in [0.2, 0.25) is 5.95 Å². The lowest BCUT2D eigenvalue weighted by molar-refractivity contribution is 0.870. The van der Waals surface area contributed by atoms with Crippen LogP contribution in [0.2, 0.25) is 5.02 Å². The summed E-state index contributed by atoms with van der Waals surface area (Å²) in [5.41, 5.74) is 9.03. The van der Waals surface area contributed by atoms with E-state index in [1.165, 1.54) is 0 Å². The van der Waals surface area contributed by atoms with Crippen LogP contribution in [-0.4, -0.2) is 28.0 Å². The van der Waals surface area contributed by atoms with Gasteiger partial charge < -0.3 is 16.4 Å². The fourth-order valence-electron chi connectivity index (χ4n) is 2.47. The van der Waals surface area contributed by atoms with Gasteiger partial charge in [-0.3, -0.25) is 0 Å². The second-order valence-electron chi connectivity index (χ2n) is 5.85. The third kappa shape index (κ3) is 4.91. The zero-order chi connectivity index (χ0) is 18.4. The predicted octanol–water partition coefficient (Wildman–Crippen LogP) is 4.00. The SMILES string of the molecule is Cc1cc(-c2ccnc(NCCCN)c2)nc(Nc2cccc(Cl)c2)n1. The standard InChI is InChI=1S/C19H21ClN6/c1-13-10-17(14-6-9-23-18(11-14)22-8-3-7-21)26-19(24-13)25-16-5-2-4-15(20)12-16/h2,4-6,9-12H,3,7-8,21H2,1H3,(H,22,23)(H,24,25,26). The Morgan fingerprint density at radius 1 is 1.12 bits per heavy atom. The van der Waals surface area contributed by atoms with Crippen molar-refractivity contribution in [2.24, 2.45) is 5.73 Å². The Bertz CT molecular complexity index is 883. The topological polar surface area (TPSA) is 88.8 Å². The van der Waals surface area contributed by atoms with E-state index in [4.69, 9.17) is 17.3 Å². The molecule has 0 fully saturated rings. The minimum Gasteiger partial charge on any atom is -0.370 e. The van der Waals surface area contributed by atoms with Crippen LogP contribution >= 0.6 is 11.6 Å². The van der Waals surface area contributed by atoms with Gasteiger partial charge in [0.15, 0.2) is 0 Å². The van der Waals surface area contributed by atoms with Crippen LogP contribution in [0.25, 0.3) is 11.3 Å². The number of nitrogens with two attached hydrogens (primary N) is 1. The van der Waals surface area contributed by atoms with Crippen LogP contribution in [0.4, 0.5) is 17.5 Å². The molecule has 0 spiro atoms. The maximum atomic E-state index is 6.04. The fourth-order valence-corrected chi connectivity index (χ4v) is 2.66. The Morgan fingerprint density at radius 2 is 2.00 bits per heavy atom. The van der Waals surface area contributed by atoms with Gasteiger partial charge in [-0.05, 0) is 56.3 Å². The van der Waals surface area contributed by atoms with Crippen molar-refractivity contribution in [2.45, 2.75) is 13.3 Å². The number of hydrogen-bond donors (Lipinski definition) is 3. The Labute approximate surface area is 157 Å². The van der Waals surface area contributed by atoms with Crippen molar-refractivity contribution in [1.29, 1.82) is 0 Å². The molecule has 7 heteroatoms. The second kappa shape index (κ2) is 8.60. The van der Waals surface area contributed by atoms with Gasteiger partial charge in [0.05, 0.1) is 5.69 Å². The lowest BCUT2D eigenvalue weighted by Crippen LogP contribution is -2.09. The van der Waals surface area contributed by atoms with Gasteiger partial charge in [-0.1, -0.05) is 17.7 Å². The molecule has 3 rings (SSSR count). The molecule has 2 heterocycles. The summed E-state index contributed by atoms with van der Waals surface area (Å²) in [6, 6.07) is 13.3. The molecule has 0 saturated heterocycles. The van der Waals surface area contributed by atoms with Gasteiger partial charge >= 0.3 is 0 Å². The van der Waals surface area contributed by atoms with Crippen LogP contribution < -0.4 is 16.4 Å². The zero-order valence-corrected chi connectivity index (χ0v) is 15.3. The predicted molar refractivity (Wildman–Crippen MR) is 107 cm³/mol. The van der Waals surface area contributed by atoms with Crippen molar-refractivity contribution >= 4 is 29.1 Å². The summed E-state index contributed by atoms with van der Waals surface area (Å²) in [6.07, 6.45) is 2.66. The molecule has 2 aromatic heterocycles. The minimum atomic E-state index is 0.525. The van der Waals surface area contributed by atoms with Crippen LogP contribution in [0.1, 0.15) is 12.1 Å². The van der Waals surface area contributed by atoms with E-state index in [0.717, 1.165) is 41.4 Å². The Balaban J connectivity index is 1.84. The quantitative estimate of drug-likeness (QED) is 0.546. The highest BCUT2D eigenvalue weighted by Crippen LogP contribution is 2.23. The Morgan fingerprint density at radius 3 is 2.81 bits per heavy atom. The molecule has 0 radical (unpaired) electrons. The minimum absolute atomic E-state index is 0.525. The summed E-state index contributed by atoms with van der Waals surface area (Å²) in [4.78, 5) is 13.4. The molecule has 0 bridgehead atoms. The average Bonchev–Trinajstić information content (AvgIpc) is 2.62. The molecule has 0 unspecified atom stereocenters. The normalized spacial score (nSPS) is 10.6. The summed E-state index contributed by atoms with van der Waals surface area (Å²) in [7, 11) is 0. The van der Waals surface area contributed by atoms with Crippen molar-refractivity contribution in [1.82, 2.24) is 15.0 Å². The van der Waals surface area contributed by atoms with E-state index in [-0.39, 0.29) is 0 Å². The van der Waals surface area contributed by atoms with Gasteiger partial charge in [0, 0.05) is 34.7 Å². The molecule has 4 N–H and O–H groups in total. The summed E-state index contributed by atoms with van der Waals surface area (Å²) in [6.45, 7) is 3.38. The number of halogens is 1. The van der Waals surface area contributed by atoms with E-state index in [2.05, 4.69) is 25.6 Å². The largest absolute Gasteiger partial charge is 0.370 e. The number of benzene rings is 1. The van der Waals surface area contributed by atoms with Crippen molar-refractivity contribution < 1.29 is 0 Å². The molecular formula is C19H21ClN6. The molecule has 1 aromatic carbocycles. The number of pyridine rings is 1. The van der Waals surface area contributed by atoms with Crippen LogP contribution in [0.3, 0.4) is 0 Å². The molecular weight excluding hydrogens is 348 g/mol. The van der Waals surface area contributed by atoms with E-state index in [1.807, 2.05) is 49.4 Å². The maximum absolute atomic E-state index is 6.04. The third-order valence-electron chi connectivity index (χ3n) is 3.68. The van der Waals surface area contributed by atoms with Crippen LogP contribution in [0.5, 0.6) is 0 Å². The lowest BCUT2D eigenvalue weighted by Gasteiger charge is -2.10. The van der Waals surface area contributed by atoms with E-state index >= 15 is 0 Å². The first-order valence-corrected chi connectivity index (χ1v) is 8.80. The van der Waals surface area contributed by atoms with Crippen molar-refractivity contribution in [2.75, 3.05) is 23.7 Å². The van der Waals surface area contributed by atoms with Gasteiger partial charge in [-0.2, -0.15) is 0 Å². The highest BCUT2D eigenvalue weighted by atomic mass is 35.5. The number of aromatic nitrogens is 3. The molecule has 0 aliphatic carbocycles. The third-order valence-corrected chi connectivity index (χ3v) is 3.91. The molecule has 0 saturated carbocycles. The molecule has 0 aliphatic heterocycles. The second-order valence-corrected chi connectivity index (χ2v) is 6.29. The Kier molecular flexibility index (Phi) is 5.99. The number of aryl methyl sites for hydroxylation is 1. The molecule has 134 valence electrons. The number of anilines is 3. The van der Waals surface area contributed by atoms with Gasteiger partial charge in [0.1, 0.15) is 5.82 Å². The van der Waals surface area contributed by atoms with Gasteiger partial charge in [0.25, 0.3) is 0 Å². The van der Waals surface area contributed by atoms with Crippen molar-refractivity contribution in [3.63, 3.8) is 0 Å². The van der Waals surface area contributed by atoms with E-state index < -0.39 is 0 Å². The molecule has 3 aromatic rings. The Hall–Kier alpha value is -2.70. The molecule has 0 atom stereocenters. The molecule has 6 nitrogen and oxygen atoms in total. The average molecular weight is 369 g/mol. The van der Waals surface area contributed by atoms with E-state index in [0.29, 0.717) is 17.5 Å². The van der Waals surface area contributed by atoms with E-state index in [1.54, 1.807) is 6.20 Å². The zero-order valence-electron chi connectivity index (χ0n) is 14.5. The summed E-state index contributed by atoms with van der Waals surface area (Å²) < 4.78 is 0. The van der Waals surface area contributed by atoms with Crippen LogP contribution in [0.15, 0.2) is 48.7 Å². The summed E-state index contributed by atoms with van der Waals surface area (Å²) >= 11 is 6.04. The first-order chi connectivity index (χ1) is 12.6. The number of nitrogens with one attached hydrogen (secondary N) is 2. The van der Waals surface area contributed by atoms with Gasteiger partial charge in [-0.25, -0.2) is 15.0 Å². The maximum Gasteiger partial charge on any atom is 0.227 e. The number of rotatable bonds is 7. The summed E-state index contributed by atoms with van der Waals surface area (Å²) in [5, 5.41) is 7.12. The van der Waals surface area contributed by atoms with Crippen LogP contribution in [0, 0.1) is 6.92 Å². The molecule has 0 amide bonds. The monoisotopic (exact) mass is 368 g/mol. The highest BCUT2D eigenvalue weighted by molar-refractivity contribution is 6.30. The lowest BCUT2D eigenvalue weighted by atomic mass is 10.1. The number of nitrogens with zero attached hydrogens (tertiary/aromatic N) is 3. The van der Waals surface area contributed by atoms with E-state index in [9.17, 15) is 0 Å². The smallest absolute Gasteiger partial charge is 0.227 e. The highest BCUT2D eigenvalue weighted by Gasteiger charge is 2.07. The van der Waals surface area contributed by atoms with Crippen molar-refractivity contribution in [3.8, 4) is 11.3 Å². The first kappa shape index (κ1) is 18.1. The summed E-state index contributed by atoms with van der Waals surface area (Å²) in [5.74, 6) is 1.33. The fraction of sp³-hybridized carbons (Fsp3) is 0.211. The first-order valence-electron chi connectivity index (χ1n) is 8.43. The molecule has 0 aliphatic rings.